The van der Waals surface area contributed by atoms with Gasteiger partial charge in [-0.2, -0.15) is 0 Å². The van der Waals surface area contributed by atoms with Crippen molar-refractivity contribution >= 4 is 0 Å². The van der Waals surface area contributed by atoms with Gasteiger partial charge in [-0.1, -0.05) is 27.2 Å². The highest BCUT2D eigenvalue weighted by atomic mass is 16.5. The molecular weight excluding hydrogens is 210 g/mol. The van der Waals surface area contributed by atoms with Gasteiger partial charge in [0, 0.05) is 13.7 Å². The topological polar surface area (TPSA) is 21.3 Å². The first-order valence-corrected chi connectivity index (χ1v) is 7.23. The lowest BCUT2D eigenvalue weighted by atomic mass is 9.76. The van der Waals surface area contributed by atoms with Crippen LogP contribution >= 0.6 is 0 Å². The molecule has 1 saturated carbocycles. The van der Waals surface area contributed by atoms with Crippen molar-refractivity contribution in [2.45, 2.75) is 52.9 Å². The number of ether oxygens (including phenoxy) is 1. The zero-order valence-corrected chi connectivity index (χ0v) is 12.2. The Bertz CT molecular complexity index is 198. The maximum absolute atomic E-state index is 5.06. The zero-order chi connectivity index (χ0) is 12.7. The van der Waals surface area contributed by atoms with Gasteiger partial charge in [-0.15, -0.1) is 0 Å². The quantitative estimate of drug-likeness (QED) is 0.588. The Morgan fingerprint density at radius 2 is 1.88 bits per heavy atom. The molecule has 1 fully saturated rings. The summed E-state index contributed by atoms with van der Waals surface area (Å²) in [6.07, 6.45) is 7.07. The summed E-state index contributed by atoms with van der Waals surface area (Å²) in [5.74, 6) is 1.81. The molecule has 1 aliphatic rings. The van der Waals surface area contributed by atoms with E-state index in [1.54, 1.807) is 7.11 Å². The minimum Gasteiger partial charge on any atom is -0.383 e. The molecule has 2 unspecified atom stereocenters. The summed E-state index contributed by atoms with van der Waals surface area (Å²) in [7, 11) is 1.77. The second-order valence-corrected chi connectivity index (χ2v) is 6.63. The maximum atomic E-state index is 5.06. The summed E-state index contributed by atoms with van der Waals surface area (Å²) in [4.78, 5) is 0. The van der Waals surface area contributed by atoms with Crippen LogP contribution in [-0.2, 0) is 4.74 Å². The third kappa shape index (κ3) is 5.87. The monoisotopic (exact) mass is 241 g/mol. The SMILES string of the molecule is COCCNCC1CCCC(C(C)(C)C)CC1. The molecule has 0 spiro atoms. The van der Waals surface area contributed by atoms with E-state index in [1.807, 2.05) is 0 Å². The molecule has 1 rings (SSSR count). The predicted octanol–water partition coefficient (Wildman–Crippen LogP) is 3.47. The van der Waals surface area contributed by atoms with Crippen molar-refractivity contribution in [3.63, 3.8) is 0 Å². The van der Waals surface area contributed by atoms with Crippen molar-refractivity contribution in [1.29, 1.82) is 0 Å². The molecule has 0 aromatic rings. The largest absolute Gasteiger partial charge is 0.383 e. The Kier molecular flexibility index (Phi) is 6.50. The minimum absolute atomic E-state index is 0.498. The number of rotatable bonds is 5. The Hall–Kier alpha value is -0.0800. The molecule has 1 N–H and O–H groups in total. The van der Waals surface area contributed by atoms with Crippen molar-refractivity contribution in [2.24, 2.45) is 17.3 Å². The van der Waals surface area contributed by atoms with Gasteiger partial charge in [-0.3, -0.25) is 0 Å². The van der Waals surface area contributed by atoms with Crippen molar-refractivity contribution in [1.82, 2.24) is 5.32 Å². The Labute approximate surface area is 108 Å². The molecule has 0 saturated heterocycles. The molecule has 0 amide bonds. The summed E-state index contributed by atoms with van der Waals surface area (Å²) in [5.41, 5.74) is 0.498. The van der Waals surface area contributed by atoms with Gasteiger partial charge in [-0.05, 0) is 49.5 Å². The van der Waals surface area contributed by atoms with E-state index in [1.165, 1.54) is 38.6 Å². The van der Waals surface area contributed by atoms with Crippen molar-refractivity contribution in [2.75, 3.05) is 26.8 Å². The van der Waals surface area contributed by atoms with E-state index < -0.39 is 0 Å². The van der Waals surface area contributed by atoms with Crippen LogP contribution in [0.5, 0.6) is 0 Å². The first-order valence-electron chi connectivity index (χ1n) is 7.23. The van der Waals surface area contributed by atoms with E-state index in [4.69, 9.17) is 4.74 Å². The fourth-order valence-electron chi connectivity index (χ4n) is 2.93. The van der Waals surface area contributed by atoms with Crippen LogP contribution in [0, 0.1) is 17.3 Å². The van der Waals surface area contributed by atoms with E-state index >= 15 is 0 Å². The van der Waals surface area contributed by atoms with Crippen LogP contribution in [-0.4, -0.2) is 26.8 Å². The van der Waals surface area contributed by atoms with Crippen LogP contribution in [0.3, 0.4) is 0 Å². The highest BCUT2D eigenvalue weighted by molar-refractivity contribution is 4.79. The molecule has 2 nitrogen and oxygen atoms in total. The fourth-order valence-corrected chi connectivity index (χ4v) is 2.93. The highest BCUT2D eigenvalue weighted by Gasteiger charge is 2.27. The zero-order valence-electron chi connectivity index (χ0n) is 12.2. The van der Waals surface area contributed by atoms with Crippen LogP contribution < -0.4 is 5.32 Å². The molecule has 0 aromatic heterocycles. The summed E-state index contributed by atoms with van der Waals surface area (Å²) in [6, 6.07) is 0. The second-order valence-electron chi connectivity index (χ2n) is 6.63. The number of hydrogen-bond donors (Lipinski definition) is 1. The van der Waals surface area contributed by atoms with Crippen LogP contribution in [0.4, 0.5) is 0 Å². The molecule has 2 atom stereocenters. The summed E-state index contributed by atoms with van der Waals surface area (Å²) in [5, 5.41) is 3.51. The lowest BCUT2D eigenvalue weighted by Gasteiger charge is -2.29. The van der Waals surface area contributed by atoms with Crippen LogP contribution in [0.15, 0.2) is 0 Å². The normalized spacial score (nSPS) is 26.8. The smallest absolute Gasteiger partial charge is 0.0587 e. The molecule has 102 valence electrons. The third-order valence-electron chi connectivity index (χ3n) is 4.23. The Morgan fingerprint density at radius 3 is 2.53 bits per heavy atom. The predicted molar refractivity (Wildman–Crippen MR) is 74.3 cm³/mol. The standard InChI is InChI=1S/C15H31NO/c1-15(2,3)14-7-5-6-13(8-9-14)12-16-10-11-17-4/h13-14,16H,5-12H2,1-4H3. The lowest BCUT2D eigenvalue weighted by Crippen LogP contribution is -2.26. The van der Waals surface area contributed by atoms with Gasteiger partial charge in [0.05, 0.1) is 6.61 Å². The van der Waals surface area contributed by atoms with Gasteiger partial charge in [0.25, 0.3) is 0 Å². The molecule has 2 heteroatoms. The van der Waals surface area contributed by atoms with Gasteiger partial charge in [0.15, 0.2) is 0 Å². The van der Waals surface area contributed by atoms with E-state index in [9.17, 15) is 0 Å². The molecule has 0 bridgehead atoms. The van der Waals surface area contributed by atoms with Gasteiger partial charge >= 0.3 is 0 Å². The molecule has 0 aliphatic heterocycles. The third-order valence-corrected chi connectivity index (χ3v) is 4.23. The molecular formula is C15H31NO. The van der Waals surface area contributed by atoms with Gasteiger partial charge in [0.1, 0.15) is 0 Å². The Balaban J connectivity index is 2.23. The maximum Gasteiger partial charge on any atom is 0.0587 e. The van der Waals surface area contributed by atoms with Crippen molar-refractivity contribution in [3.8, 4) is 0 Å². The van der Waals surface area contributed by atoms with Crippen molar-refractivity contribution in [3.05, 3.63) is 0 Å². The van der Waals surface area contributed by atoms with Crippen molar-refractivity contribution < 1.29 is 4.74 Å². The molecule has 0 aromatic carbocycles. The van der Waals surface area contributed by atoms with Crippen LogP contribution in [0.25, 0.3) is 0 Å². The summed E-state index contributed by atoms with van der Waals surface area (Å²) in [6.45, 7) is 10.2. The lowest BCUT2D eigenvalue weighted by molar-refractivity contribution is 0.196. The summed E-state index contributed by atoms with van der Waals surface area (Å²) < 4.78 is 5.06. The number of hydrogen-bond acceptors (Lipinski definition) is 2. The molecule has 1 aliphatic carbocycles. The van der Waals surface area contributed by atoms with Crippen LogP contribution in [0.1, 0.15) is 52.9 Å². The number of methoxy groups -OCH3 is 1. The van der Waals surface area contributed by atoms with Gasteiger partial charge in [0.2, 0.25) is 0 Å². The highest BCUT2D eigenvalue weighted by Crippen LogP contribution is 2.38. The first-order chi connectivity index (χ1) is 8.04. The molecule has 0 heterocycles. The Morgan fingerprint density at radius 1 is 1.12 bits per heavy atom. The van der Waals surface area contributed by atoms with E-state index in [-0.39, 0.29) is 0 Å². The summed E-state index contributed by atoms with van der Waals surface area (Å²) >= 11 is 0. The molecule has 17 heavy (non-hydrogen) atoms. The molecule has 0 radical (unpaired) electrons. The average Bonchev–Trinajstić information content (AvgIpc) is 2.49. The number of nitrogens with one attached hydrogen (secondary N) is 1. The second kappa shape index (κ2) is 7.38. The van der Waals surface area contributed by atoms with Crippen LogP contribution in [0.2, 0.25) is 0 Å². The van der Waals surface area contributed by atoms with E-state index in [0.717, 1.165) is 25.0 Å². The van der Waals surface area contributed by atoms with E-state index in [2.05, 4.69) is 26.1 Å². The minimum atomic E-state index is 0.498. The fraction of sp³-hybridized carbons (Fsp3) is 1.00. The first kappa shape index (κ1) is 15.0. The van der Waals surface area contributed by atoms with Gasteiger partial charge < -0.3 is 10.1 Å². The van der Waals surface area contributed by atoms with E-state index in [0.29, 0.717) is 5.41 Å². The average molecular weight is 241 g/mol. The van der Waals surface area contributed by atoms with Gasteiger partial charge in [-0.25, -0.2) is 0 Å².